The summed E-state index contributed by atoms with van der Waals surface area (Å²) in [6.45, 7) is 1.33. The highest BCUT2D eigenvalue weighted by atomic mass is 19.1. The Balaban J connectivity index is 1.45. The molecule has 3 heterocycles. The molecule has 0 bridgehead atoms. The number of amidine groups is 1. The standard InChI is InChI=1S/C19H29F2N7/c1-23-18-15(20)10-24-19(22,26-18)13-9-25-28(11-13)17-7-8-27(12-16(17)21)14-5-3-2-4-6-14/h9-11,14,16-17,24H,2-8,12,22H2,1H3,(H,23,26)/t16-,17-,19?/m1/s1. The van der Waals surface area contributed by atoms with Crippen molar-refractivity contribution in [3.63, 3.8) is 0 Å². The second-order valence-corrected chi connectivity index (χ2v) is 7.98. The first-order valence-corrected chi connectivity index (χ1v) is 10.1. The second kappa shape index (κ2) is 7.79. The Bertz CT molecular complexity index is 755. The number of nitrogens with two attached hydrogens (primary N) is 1. The van der Waals surface area contributed by atoms with Crippen LogP contribution in [0.2, 0.25) is 0 Å². The Hall–Kier alpha value is -2.00. The molecule has 3 aliphatic rings. The molecular weight excluding hydrogens is 364 g/mol. The van der Waals surface area contributed by atoms with Gasteiger partial charge in [0.25, 0.3) is 0 Å². The molecule has 2 fully saturated rings. The summed E-state index contributed by atoms with van der Waals surface area (Å²) < 4.78 is 30.4. The number of piperidine rings is 1. The Morgan fingerprint density at radius 2 is 2.07 bits per heavy atom. The van der Waals surface area contributed by atoms with Crippen molar-refractivity contribution in [2.75, 3.05) is 20.1 Å². The normalized spacial score (nSPS) is 32.4. The molecule has 1 saturated heterocycles. The van der Waals surface area contributed by atoms with Crippen LogP contribution in [0.3, 0.4) is 0 Å². The molecule has 0 aromatic carbocycles. The van der Waals surface area contributed by atoms with E-state index in [2.05, 4.69) is 25.6 Å². The summed E-state index contributed by atoms with van der Waals surface area (Å²) in [5, 5.41) is 9.80. The van der Waals surface area contributed by atoms with E-state index in [1.54, 1.807) is 24.1 Å². The summed E-state index contributed by atoms with van der Waals surface area (Å²) in [5.74, 6) is -1.78. The minimum Gasteiger partial charge on any atom is -0.371 e. The zero-order chi connectivity index (χ0) is 19.7. The summed E-state index contributed by atoms with van der Waals surface area (Å²) in [7, 11) is 1.58. The molecule has 1 unspecified atom stereocenters. The van der Waals surface area contributed by atoms with Crippen LogP contribution in [0.1, 0.15) is 50.1 Å². The molecule has 1 aliphatic carbocycles. The summed E-state index contributed by atoms with van der Waals surface area (Å²) >= 11 is 0. The van der Waals surface area contributed by atoms with E-state index in [0.29, 0.717) is 24.6 Å². The molecule has 9 heteroatoms. The van der Waals surface area contributed by atoms with Gasteiger partial charge >= 0.3 is 0 Å². The molecule has 0 spiro atoms. The number of rotatable bonds is 3. The minimum atomic E-state index is -1.33. The van der Waals surface area contributed by atoms with E-state index < -0.39 is 17.8 Å². The molecule has 4 rings (SSSR count). The van der Waals surface area contributed by atoms with Gasteiger partial charge in [0.2, 0.25) is 5.79 Å². The van der Waals surface area contributed by atoms with E-state index in [4.69, 9.17) is 5.73 Å². The predicted molar refractivity (Wildman–Crippen MR) is 104 cm³/mol. The van der Waals surface area contributed by atoms with Crippen molar-refractivity contribution in [1.82, 2.24) is 25.3 Å². The second-order valence-electron chi connectivity index (χ2n) is 7.98. The van der Waals surface area contributed by atoms with Gasteiger partial charge in [-0.2, -0.15) is 5.10 Å². The van der Waals surface area contributed by atoms with Crippen molar-refractivity contribution in [3.05, 3.63) is 30.0 Å². The summed E-state index contributed by atoms with van der Waals surface area (Å²) in [5.41, 5.74) is 6.86. The Labute approximate surface area is 164 Å². The van der Waals surface area contributed by atoms with Crippen molar-refractivity contribution in [2.45, 2.75) is 62.6 Å². The molecule has 0 radical (unpaired) electrons. The molecule has 0 amide bonds. The molecule has 2 aliphatic heterocycles. The summed E-state index contributed by atoms with van der Waals surface area (Å²) in [6, 6.07) is 0.205. The third-order valence-corrected chi connectivity index (χ3v) is 6.18. The number of alkyl halides is 1. The van der Waals surface area contributed by atoms with Crippen molar-refractivity contribution in [2.24, 2.45) is 10.7 Å². The highest BCUT2D eigenvalue weighted by molar-refractivity contribution is 5.96. The number of halogens is 2. The summed E-state index contributed by atoms with van der Waals surface area (Å²) in [6.07, 6.45) is 10.4. The number of aromatic nitrogens is 2. The third kappa shape index (κ3) is 3.65. The molecule has 28 heavy (non-hydrogen) atoms. The number of likely N-dealkylation sites (tertiary alicyclic amines) is 1. The van der Waals surface area contributed by atoms with Gasteiger partial charge < -0.3 is 10.6 Å². The lowest BCUT2D eigenvalue weighted by Crippen LogP contribution is -2.50. The fourth-order valence-electron chi connectivity index (χ4n) is 4.53. The first kappa shape index (κ1) is 19.3. The van der Waals surface area contributed by atoms with E-state index in [9.17, 15) is 4.39 Å². The smallest absolute Gasteiger partial charge is 0.214 e. The third-order valence-electron chi connectivity index (χ3n) is 6.18. The number of hydrogen-bond donors (Lipinski definition) is 3. The average Bonchev–Trinajstić information content (AvgIpc) is 3.21. The largest absolute Gasteiger partial charge is 0.371 e. The highest BCUT2D eigenvalue weighted by Gasteiger charge is 2.36. The van der Waals surface area contributed by atoms with Gasteiger partial charge in [-0.25, -0.2) is 13.8 Å². The van der Waals surface area contributed by atoms with Crippen LogP contribution in [0.25, 0.3) is 0 Å². The zero-order valence-corrected chi connectivity index (χ0v) is 16.2. The molecule has 1 aromatic rings. The molecule has 154 valence electrons. The van der Waals surface area contributed by atoms with Gasteiger partial charge in [0.1, 0.15) is 6.17 Å². The maximum Gasteiger partial charge on any atom is 0.214 e. The van der Waals surface area contributed by atoms with Gasteiger partial charge in [-0.3, -0.25) is 15.3 Å². The molecule has 1 saturated carbocycles. The van der Waals surface area contributed by atoms with Crippen LogP contribution < -0.4 is 16.4 Å². The minimum absolute atomic E-state index is 0.0677. The van der Waals surface area contributed by atoms with E-state index in [1.165, 1.54) is 38.3 Å². The quantitative estimate of drug-likeness (QED) is 0.731. The molecule has 1 aromatic heterocycles. The lowest BCUT2D eigenvalue weighted by molar-refractivity contribution is 0.0436. The fourth-order valence-corrected chi connectivity index (χ4v) is 4.53. The molecule has 4 N–H and O–H groups in total. The van der Waals surface area contributed by atoms with E-state index in [1.807, 2.05) is 0 Å². The van der Waals surface area contributed by atoms with Gasteiger partial charge in [0.15, 0.2) is 11.7 Å². The topological polar surface area (TPSA) is 83.5 Å². The lowest BCUT2D eigenvalue weighted by Gasteiger charge is -2.40. The van der Waals surface area contributed by atoms with Gasteiger partial charge in [-0.15, -0.1) is 0 Å². The van der Waals surface area contributed by atoms with Crippen molar-refractivity contribution >= 4 is 5.84 Å². The number of hydrogen-bond acceptors (Lipinski definition) is 6. The zero-order valence-electron chi connectivity index (χ0n) is 16.2. The van der Waals surface area contributed by atoms with Crippen LogP contribution in [0.4, 0.5) is 8.78 Å². The number of nitrogens with zero attached hydrogens (tertiary/aromatic N) is 4. The van der Waals surface area contributed by atoms with Gasteiger partial charge in [0, 0.05) is 38.6 Å². The van der Waals surface area contributed by atoms with Crippen LogP contribution in [-0.4, -0.2) is 52.9 Å². The van der Waals surface area contributed by atoms with Crippen molar-refractivity contribution in [1.29, 1.82) is 0 Å². The van der Waals surface area contributed by atoms with E-state index in [-0.39, 0.29) is 11.9 Å². The van der Waals surface area contributed by atoms with Gasteiger partial charge in [0.05, 0.1) is 17.8 Å². The molecule has 7 nitrogen and oxygen atoms in total. The first-order chi connectivity index (χ1) is 13.5. The Morgan fingerprint density at radius 3 is 2.79 bits per heavy atom. The monoisotopic (exact) mass is 393 g/mol. The van der Waals surface area contributed by atoms with E-state index >= 15 is 4.39 Å². The number of aliphatic imine (C=N–C) groups is 1. The summed E-state index contributed by atoms with van der Waals surface area (Å²) in [4.78, 5) is 6.52. The van der Waals surface area contributed by atoms with Crippen LogP contribution >= 0.6 is 0 Å². The number of nitrogens with one attached hydrogen (secondary N) is 2. The lowest BCUT2D eigenvalue weighted by atomic mass is 9.91. The van der Waals surface area contributed by atoms with E-state index in [0.717, 1.165) is 6.54 Å². The maximum atomic E-state index is 15.0. The fraction of sp³-hybridized carbons (Fsp3) is 0.684. The molecular formula is C19H29F2N7. The Morgan fingerprint density at radius 1 is 1.29 bits per heavy atom. The SMILES string of the molecule is CNC1=NC(N)(c2cnn([C@@H]3CCN(C4CCCCC4)C[C@H]3F)c2)NC=C1F. The highest BCUT2D eigenvalue weighted by Crippen LogP contribution is 2.31. The van der Waals surface area contributed by atoms with Crippen LogP contribution in [0.5, 0.6) is 0 Å². The Kier molecular flexibility index (Phi) is 5.37. The maximum absolute atomic E-state index is 15.0. The first-order valence-electron chi connectivity index (χ1n) is 10.1. The number of likely N-dealkylation sites (N-methyl/N-ethyl adjacent to an activating group) is 1. The van der Waals surface area contributed by atoms with Crippen molar-refractivity contribution in [3.8, 4) is 0 Å². The average molecular weight is 393 g/mol. The van der Waals surface area contributed by atoms with Gasteiger partial charge in [-0.1, -0.05) is 19.3 Å². The predicted octanol–water partition coefficient (Wildman–Crippen LogP) is 1.90. The van der Waals surface area contributed by atoms with Crippen molar-refractivity contribution < 1.29 is 8.78 Å². The van der Waals surface area contributed by atoms with Crippen LogP contribution in [0, 0.1) is 0 Å². The van der Waals surface area contributed by atoms with Crippen LogP contribution in [0.15, 0.2) is 29.4 Å². The molecule has 3 atom stereocenters. The van der Waals surface area contributed by atoms with Crippen LogP contribution in [-0.2, 0) is 5.79 Å². The van der Waals surface area contributed by atoms with Gasteiger partial charge in [-0.05, 0) is 19.3 Å².